The summed E-state index contributed by atoms with van der Waals surface area (Å²) in [6.45, 7) is 3.60. The fourth-order valence-corrected chi connectivity index (χ4v) is 3.92. The highest BCUT2D eigenvalue weighted by Crippen LogP contribution is 2.36. The molecule has 4 heterocycles. The Hall–Kier alpha value is -2.92. The molecule has 1 unspecified atom stereocenters. The molecule has 4 rings (SSSR count). The predicted octanol–water partition coefficient (Wildman–Crippen LogP) is 3.57. The van der Waals surface area contributed by atoms with Gasteiger partial charge in [0.05, 0.1) is 34.2 Å². The lowest BCUT2D eigenvalue weighted by Crippen LogP contribution is -2.46. The highest BCUT2D eigenvalue weighted by Gasteiger charge is 2.40. The first-order valence-electron chi connectivity index (χ1n) is 9.29. The van der Waals surface area contributed by atoms with Crippen LogP contribution in [0.1, 0.15) is 35.0 Å². The maximum Gasteiger partial charge on any atom is 0.434 e. The fraction of sp³-hybridized carbons (Fsp3) is 0.316. The minimum atomic E-state index is -4.77. The standard InChI is InChI=1S/C19H17ClF4N6O/c1-9-7-14(26-8-12(9)21)30-13-4-6-29(10(2)16(13)27-28-30)18(31)11-3-5-25-17(15(11)20)19(22,23)24/h3,5,7-8,10,27-28H,4,6H2,1-2H3. The molecule has 0 aliphatic carbocycles. The second kappa shape index (κ2) is 7.65. The molecule has 7 nitrogen and oxygen atoms in total. The van der Waals surface area contributed by atoms with Gasteiger partial charge in [0.15, 0.2) is 5.69 Å². The quantitative estimate of drug-likeness (QED) is 0.673. The van der Waals surface area contributed by atoms with Crippen LogP contribution in [0, 0.1) is 12.7 Å². The van der Waals surface area contributed by atoms with Crippen LogP contribution < -0.4 is 16.0 Å². The Labute approximate surface area is 179 Å². The lowest BCUT2D eigenvalue weighted by Gasteiger charge is -2.35. The predicted molar refractivity (Wildman–Crippen MR) is 104 cm³/mol. The summed E-state index contributed by atoms with van der Waals surface area (Å²) in [5, 5.41) is 0.929. The van der Waals surface area contributed by atoms with E-state index in [-0.39, 0.29) is 12.1 Å². The average molecular weight is 457 g/mol. The number of anilines is 1. The van der Waals surface area contributed by atoms with Gasteiger partial charge < -0.3 is 10.3 Å². The third-order valence-electron chi connectivity index (χ3n) is 5.27. The van der Waals surface area contributed by atoms with Gasteiger partial charge in [-0.05, 0) is 31.5 Å². The Bertz CT molecular complexity index is 1090. The molecular weight excluding hydrogens is 440 g/mol. The van der Waals surface area contributed by atoms with Crippen LogP contribution in [0.3, 0.4) is 0 Å². The molecule has 2 aliphatic heterocycles. The van der Waals surface area contributed by atoms with Crippen molar-refractivity contribution < 1.29 is 22.4 Å². The number of hydrazine groups is 2. The van der Waals surface area contributed by atoms with E-state index in [0.29, 0.717) is 23.5 Å². The number of hydrogen-bond acceptors (Lipinski definition) is 6. The third kappa shape index (κ3) is 3.68. The Balaban J connectivity index is 1.62. The van der Waals surface area contributed by atoms with Crippen molar-refractivity contribution in [3.05, 3.63) is 63.6 Å². The van der Waals surface area contributed by atoms with Gasteiger partial charge in [-0.15, -0.1) is 5.53 Å². The Morgan fingerprint density at radius 1 is 1.32 bits per heavy atom. The Kier molecular flexibility index (Phi) is 5.26. The molecule has 0 radical (unpaired) electrons. The van der Waals surface area contributed by atoms with Crippen LogP contribution in [0.15, 0.2) is 35.9 Å². The molecule has 164 valence electrons. The van der Waals surface area contributed by atoms with Crippen molar-refractivity contribution in [2.45, 2.75) is 32.5 Å². The molecular formula is C19H17ClF4N6O. The molecule has 2 aromatic heterocycles. The smallest absolute Gasteiger partial charge is 0.330 e. The van der Waals surface area contributed by atoms with Crippen molar-refractivity contribution in [1.29, 1.82) is 0 Å². The highest BCUT2D eigenvalue weighted by molar-refractivity contribution is 6.34. The number of aromatic nitrogens is 2. The maximum absolute atomic E-state index is 13.6. The Morgan fingerprint density at radius 2 is 2.06 bits per heavy atom. The number of rotatable bonds is 2. The van der Waals surface area contributed by atoms with Gasteiger partial charge in [0.1, 0.15) is 11.6 Å². The SMILES string of the molecule is Cc1cc(N2NNC3=C2CCN(C(=O)c2ccnc(C(F)(F)F)c2Cl)C3C)ncc1F. The molecule has 2 aliphatic rings. The average Bonchev–Trinajstić information content (AvgIpc) is 3.14. The van der Waals surface area contributed by atoms with E-state index in [1.807, 2.05) is 0 Å². The van der Waals surface area contributed by atoms with Crippen molar-refractivity contribution in [3.63, 3.8) is 0 Å². The molecule has 0 aromatic carbocycles. The minimum Gasteiger partial charge on any atom is -0.330 e. The van der Waals surface area contributed by atoms with E-state index in [1.54, 1.807) is 24.9 Å². The second-order valence-corrected chi connectivity index (χ2v) is 7.55. The molecule has 0 fully saturated rings. The molecule has 0 bridgehead atoms. The van der Waals surface area contributed by atoms with Crippen LogP contribution in [-0.2, 0) is 6.18 Å². The highest BCUT2D eigenvalue weighted by atomic mass is 35.5. The summed E-state index contributed by atoms with van der Waals surface area (Å²) >= 11 is 5.88. The first-order chi connectivity index (χ1) is 14.6. The number of hydrogen-bond donors (Lipinski definition) is 2. The van der Waals surface area contributed by atoms with Crippen molar-refractivity contribution >= 4 is 23.3 Å². The van der Waals surface area contributed by atoms with Crippen LogP contribution in [0.25, 0.3) is 0 Å². The molecule has 0 spiro atoms. The van der Waals surface area contributed by atoms with Gasteiger partial charge in [0.25, 0.3) is 5.91 Å². The lowest BCUT2D eigenvalue weighted by molar-refractivity contribution is -0.141. The van der Waals surface area contributed by atoms with Crippen LogP contribution in [0.2, 0.25) is 5.02 Å². The van der Waals surface area contributed by atoms with Crippen LogP contribution >= 0.6 is 11.6 Å². The summed E-state index contributed by atoms with van der Waals surface area (Å²) in [5.41, 5.74) is 6.23. The van der Waals surface area contributed by atoms with Crippen molar-refractivity contribution in [2.75, 3.05) is 11.6 Å². The second-order valence-electron chi connectivity index (χ2n) is 7.17. The lowest BCUT2D eigenvalue weighted by atomic mass is 10.0. The van der Waals surface area contributed by atoms with E-state index < -0.39 is 34.7 Å². The number of pyridine rings is 2. The molecule has 12 heteroatoms. The maximum atomic E-state index is 13.6. The zero-order valence-electron chi connectivity index (χ0n) is 16.4. The van der Waals surface area contributed by atoms with E-state index in [2.05, 4.69) is 20.9 Å². The molecule has 2 N–H and O–H groups in total. The van der Waals surface area contributed by atoms with Crippen molar-refractivity contribution in [2.24, 2.45) is 0 Å². The van der Waals surface area contributed by atoms with E-state index in [9.17, 15) is 22.4 Å². The van der Waals surface area contributed by atoms with Gasteiger partial charge in [-0.2, -0.15) is 13.2 Å². The summed E-state index contributed by atoms with van der Waals surface area (Å²) in [6, 6.07) is 2.26. The number of nitrogens with one attached hydrogen (secondary N) is 2. The molecule has 1 amide bonds. The summed E-state index contributed by atoms with van der Waals surface area (Å²) in [4.78, 5) is 21.8. The van der Waals surface area contributed by atoms with Gasteiger partial charge in [-0.25, -0.2) is 14.4 Å². The zero-order chi connectivity index (χ0) is 22.5. The topological polar surface area (TPSA) is 73.4 Å². The van der Waals surface area contributed by atoms with E-state index in [0.717, 1.165) is 18.1 Å². The van der Waals surface area contributed by atoms with Crippen LogP contribution in [0.4, 0.5) is 23.4 Å². The first-order valence-corrected chi connectivity index (χ1v) is 9.67. The molecule has 0 saturated heterocycles. The van der Waals surface area contributed by atoms with Crippen molar-refractivity contribution in [3.8, 4) is 0 Å². The van der Waals surface area contributed by atoms with Gasteiger partial charge in [-0.1, -0.05) is 11.6 Å². The van der Waals surface area contributed by atoms with E-state index >= 15 is 0 Å². The summed E-state index contributed by atoms with van der Waals surface area (Å²) < 4.78 is 52.9. The number of aryl methyl sites for hydroxylation is 1. The van der Waals surface area contributed by atoms with Gasteiger partial charge in [0, 0.05) is 19.2 Å². The van der Waals surface area contributed by atoms with E-state index in [4.69, 9.17) is 11.6 Å². The van der Waals surface area contributed by atoms with E-state index in [1.165, 1.54) is 11.0 Å². The van der Waals surface area contributed by atoms with Crippen LogP contribution in [-0.4, -0.2) is 33.4 Å². The normalized spacial score (nSPS) is 18.9. The van der Waals surface area contributed by atoms with Gasteiger partial charge >= 0.3 is 6.18 Å². The van der Waals surface area contributed by atoms with Gasteiger partial charge in [-0.3, -0.25) is 9.78 Å². The minimum absolute atomic E-state index is 0.235. The molecule has 31 heavy (non-hydrogen) atoms. The molecule has 1 atom stereocenters. The Morgan fingerprint density at radius 3 is 2.74 bits per heavy atom. The number of carbonyl (C=O) groups excluding carboxylic acids is 1. The zero-order valence-corrected chi connectivity index (χ0v) is 17.1. The fourth-order valence-electron chi connectivity index (χ4n) is 3.63. The summed E-state index contributed by atoms with van der Waals surface area (Å²) in [6.07, 6.45) is -2.34. The van der Waals surface area contributed by atoms with Crippen molar-refractivity contribution in [1.82, 2.24) is 25.8 Å². The summed E-state index contributed by atoms with van der Waals surface area (Å²) in [7, 11) is 0. The summed E-state index contributed by atoms with van der Waals surface area (Å²) in [5.74, 6) is -0.588. The largest absolute Gasteiger partial charge is 0.434 e. The number of nitrogens with zero attached hydrogens (tertiary/aromatic N) is 4. The molecule has 0 saturated carbocycles. The van der Waals surface area contributed by atoms with Gasteiger partial charge in [0.2, 0.25) is 0 Å². The van der Waals surface area contributed by atoms with Crippen LogP contribution in [0.5, 0.6) is 0 Å². The number of amides is 1. The first kappa shape index (κ1) is 21.3. The monoisotopic (exact) mass is 456 g/mol. The number of halogens is 5. The third-order valence-corrected chi connectivity index (χ3v) is 5.65. The molecule has 2 aromatic rings. The number of alkyl halides is 3. The number of carbonyl (C=O) groups is 1.